The van der Waals surface area contributed by atoms with Gasteiger partial charge in [0, 0.05) is 26.0 Å². The van der Waals surface area contributed by atoms with Crippen molar-refractivity contribution in [3.8, 4) is 0 Å². The lowest BCUT2D eigenvalue weighted by Gasteiger charge is -2.41. The number of amides is 1. The topological polar surface area (TPSA) is 69.6 Å². The largest absolute Gasteiger partial charge is 0.386 e. The van der Waals surface area contributed by atoms with Gasteiger partial charge in [0.05, 0.1) is 25.1 Å². The quantitative estimate of drug-likeness (QED) is 0.890. The Morgan fingerprint density at radius 1 is 1.46 bits per heavy atom. The first-order valence-corrected chi connectivity index (χ1v) is 8.99. The molecule has 1 saturated heterocycles. The maximum Gasteiger partial charge on any atom is 0.226 e. The van der Waals surface area contributed by atoms with Gasteiger partial charge in [-0.2, -0.15) is 11.3 Å². The molecular weight excluding hydrogens is 324 g/mol. The zero-order valence-electron chi connectivity index (χ0n) is 13.8. The molecule has 2 aromatic heterocycles. The normalized spacial score (nSPS) is 20.8. The average molecular weight is 346 g/mol. The average Bonchev–Trinajstić information content (AvgIpc) is 3.08. The van der Waals surface area contributed by atoms with Crippen molar-refractivity contribution in [2.45, 2.75) is 24.9 Å². The molecule has 6 nitrogen and oxygen atoms in total. The van der Waals surface area contributed by atoms with Crippen LogP contribution in [0.4, 0.5) is 5.95 Å². The number of aliphatic hydroxyl groups is 1. The van der Waals surface area contributed by atoms with Crippen LogP contribution in [0.1, 0.15) is 18.4 Å². The predicted molar refractivity (Wildman–Crippen MR) is 94.1 cm³/mol. The number of aromatic nitrogens is 2. The van der Waals surface area contributed by atoms with E-state index in [1.807, 2.05) is 21.7 Å². The first-order valence-electron chi connectivity index (χ1n) is 8.05. The molecule has 128 valence electrons. The summed E-state index contributed by atoms with van der Waals surface area (Å²) in [7, 11) is 1.75. The van der Waals surface area contributed by atoms with Gasteiger partial charge < -0.3 is 14.9 Å². The third-order valence-electron chi connectivity index (χ3n) is 4.28. The fraction of sp³-hybridized carbons (Fsp3) is 0.471. The van der Waals surface area contributed by atoms with Crippen LogP contribution in [0.3, 0.4) is 0 Å². The standard InChI is InChI=1S/C17H22N4O2S/c1-20(15(22)10-14-4-9-24-11-14)12-17(23)5-2-8-21(13-17)16-18-6-3-7-19-16/h3-4,6-7,9,11,23H,2,5,8,10,12-13H2,1H3. The van der Waals surface area contributed by atoms with Crippen LogP contribution in [0.25, 0.3) is 0 Å². The molecule has 1 N–H and O–H groups in total. The van der Waals surface area contributed by atoms with Gasteiger partial charge in [-0.1, -0.05) is 0 Å². The highest BCUT2D eigenvalue weighted by Crippen LogP contribution is 2.24. The molecule has 3 rings (SSSR count). The first kappa shape index (κ1) is 16.9. The molecule has 1 aliphatic heterocycles. The van der Waals surface area contributed by atoms with E-state index in [1.54, 1.807) is 41.7 Å². The number of hydrogen-bond acceptors (Lipinski definition) is 6. The fourth-order valence-electron chi connectivity index (χ4n) is 3.10. The minimum Gasteiger partial charge on any atom is -0.386 e. The number of nitrogens with zero attached hydrogens (tertiary/aromatic N) is 4. The van der Waals surface area contributed by atoms with Crippen molar-refractivity contribution in [1.82, 2.24) is 14.9 Å². The molecule has 0 bridgehead atoms. The van der Waals surface area contributed by atoms with Gasteiger partial charge in [-0.25, -0.2) is 9.97 Å². The van der Waals surface area contributed by atoms with E-state index in [0.717, 1.165) is 18.5 Å². The molecule has 1 amide bonds. The molecule has 1 fully saturated rings. The Bertz CT molecular complexity index is 664. The van der Waals surface area contributed by atoms with Crippen LogP contribution in [0, 0.1) is 0 Å². The Morgan fingerprint density at radius 3 is 2.96 bits per heavy atom. The maximum atomic E-state index is 12.4. The number of likely N-dealkylation sites (N-methyl/N-ethyl adjacent to an activating group) is 1. The number of β-amino-alcohol motifs (C(OH)–C–C–N with tert-alkyl or cyclic N) is 1. The number of carbonyl (C=O) groups excluding carboxylic acids is 1. The lowest BCUT2D eigenvalue weighted by atomic mass is 9.92. The maximum absolute atomic E-state index is 12.4. The highest BCUT2D eigenvalue weighted by atomic mass is 32.1. The molecule has 0 radical (unpaired) electrons. The van der Waals surface area contributed by atoms with E-state index >= 15 is 0 Å². The molecule has 0 spiro atoms. The SMILES string of the molecule is CN(CC1(O)CCCN(c2ncccn2)C1)C(=O)Cc1ccsc1. The van der Waals surface area contributed by atoms with E-state index in [4.69, 9.17) is 0 Å². The van der Waals surface area contributed by atoms with Crippen molar-refractivity contribution in [2.24, 2.45) is 0 Å². The van der Waals surface area contributed by atoms with Crippen LogP contribution in [0.5, 0.6) is 0 Å². The summed E-state index contributed by atoms with van der Waals surface area (Å²) >= 11 is 1.59. The summed E-state index contributed by atoms with van der Waals surface area (Å²) < 4.78 is 0. The lowest BCUT2D eigenvalue weighted by Crippen LogP contribution is -2.55. The fourth-order valence-corrected chi connectivity index (χ4v) is 3.77. The van der Waals surface area contributed by atoms with E-state index in [9.17, 15) is 9.90 Å². The van der Waals surface area contributed by atoms with Crippen molar-refractivity contribution >= 4 is 23.2 Å². The number of thiophene rings is 1. The Balaban J connectivity index is 1.61. The van der Waals surface area contributed by atoms with Gasteiger partial charge >= 0.3 is 0 Å². The zero-order valence-corrected chi connectivity index (χ0v) is 14.6. The number of piperidine rings is 1. The molecule has 3 heterocycles. The number of carbonyl (C=O) groups is 1. The molecule has 0 aliphatic carbocycles. The minimum absolute atomic E-state index is 0.0231. The molecule has 1 aliphatic rings. The Kier molecular flexibility index (Phi) is 5.11. The van der Waals surface area contributed by atoms with Crippen LogP contribution < -0.4 is 4.90 Å². The van der Waals surface area contributed by atoms with Crippen LogP contribution >= 0.6 is 11.3 Å². The Hall–Kier alpha value is -1.99. The van der Waals surface area contributed by atoms with E-state index in [1.165, 1.54) is 0 Å². The van der Waals surface area contributed by atoms with E-state index in [0.29, 0.717) is 31.9 Å². The summed E-state index contributed by atoms with van der Waals surface area (Å²) in [5.74, 6) is 0.651. The molecule has 7 heteroatoms. The van der Waals surface area contributed by atoms with Gasteiger partial charge in [-0.3, -0.25) is 4.79 Å². The Labute approximate surface area is 145 Å². The molecular formula is C17H22N4O2S. The molecule has 1 unspecified atom stereocenters. The van der Waals surface area contributed by atoms with Crippen LogP contribution in [0.15, 0.2) is 35.3 Å². The minimum atomic E-state index is -0.934. The number of anilines is 1. The summed E-state index contributed by atoms with van der Waals surface area (Å²) in [5, 5.41) is 14.9. The van der Waals surface area contributed by atoms with Crippen molar-refractivity contribution in [3.63, 3.8) is 0 Å². The van der Waals surface area contributed by atoms with E-state index in [2.05, 4.69) is 9.97 Å². The van der Waals surface area contributed by atoms with Crippen molar-refractivity contribution in [1.29, 1.82) is 0 Å². The van der Waals surface area contributed by atoms with Gasteiger partial charge in [0.1, 0.15) is 0 Å². The van der Waals surface area contributed by atoms with Crippen molar-refractivity contribution in [2.75, 3.05) is 31.6 Å². The third kappa shape index (κ3) is 4.10. The second-order valence-corrected chi connectivity index (χ2v) is 7.14. The molecule has 0 saturated carbocycles. The van der Waals surface area contributed by atoms with Crippen molar-refractivity contribution in [3.05, 3.63) is 40.8 Å². The summed E-state index contributed by atoms with van der Waals surface area (Å²) in [6.45, 7) is 1.57. The summed E-state index contributed by atoms with van der Waals surface area (Å²) in [6.07, 6.45) is 5.30. The van der Waals surface area contributed by atoms with Gasteiger partial charge in [0.25, 0.3) is 0 Å². The van der Waals surface area contributed by atoms with E-state index in [-0.39, 0.29) is 5.91 Å². The number of hydrogen-bond donors (Lipinski definition) is 1. The van der Waals surface area contributed by atoms with Crippen LogP contribution in [0.2, 0.25) is 0 Å². The predicted octanol–water partition coefficient (Wildman–Crippen LogP) is 1.57. The monoisotopic (exact) mass is 346 g/mol. The van der Waals surface area contributed by atoms with Gasteiger partial charge in [-0.05, 0) is 41.3 Å². The van der Waals surface area contributed by atoms with E-state index < -0.39 is 5.60 Å². The van der Waals surface area contributed by atoms with Gasteiger partial charge in [0.2, 0.25) is 11.9 Å². The molecule has 24 heavy (non-hydrogen) atoms. The highest BCUT2D eigenvalue weighted by Gasteiger charge is 2.36. The molecule has 1 atom stereocenters. The van der Waals surface area contributed by atoms with Gasteiger partial charge in [0.15, 0.2) is 0 Å². The van der Waals surface area contributed by atoms with Crippen LogP contribution in [-0.4, -0.2) is 58.2 Å². The van der Waals surface area contributed by atoms with Crippen molar-refractivity contribution < 1.29 is 9.90 Å². The third-order valence-corrected chi connectivity index (χ3v) is 5.02. The first-order chi connectivity index (χ1) is 11.6. The van der Waals surface area contributed by atoms with Gasteiger partial charge in [-0.15, -0.1) is 0 Å². The van der Waals surface area contributed by atoms with Crippen LogP contribution in [-0.2, 0) is 11.2 Å². The second-order valence-electron chi connectivity index (χ2n) is 6.36. The second kappa shape index (κ2) is 7.27. The lowest BCUT2D eigenvalue weighted by molar-refractivity contribution is -0.132. The number of rotatable bonds is 5. The zero-order chi connectivity index (χ0) is 17.0. The Morgan fingerprint density at radius 2 is 2.25 bits per heavy atom. The summed E-state index contributed by atoms with van der Waals surface area (Å²) in [4.78, 5) is 24.5. The highest BCUT2D eigenvalue weighted by molar-refractivity contribution is 7.07. The summed E-state index contributed by atoms with van der Waals surface area (Å²) in [5.41, 5.74) is 0.0862. The summed E-state index contributed by atoms with van der Waals surface area (Å²) in [6, 6.07) is 3.73. The molecule has 2 aromatic rings. The molecule has 0 aromatic carbocycles. The smallest absolute Gasteiger partial charge is 0.226 e.